The number of benzene rings is 1. The van der Waals surface area contributed by atoms with Gasteiger partial charge >= 0.3 is 0 Å². The highest BCUT2D eigenvalue weighted by Crippen LogP contribution is 2.39. The Morgan fingerprint density at radius 2 is 2.00 bits per heavy atom. The number of nitrogens with one attached hydrogen (secondary N) is 1. The maximum Gasteiger partial charge on any atom is 0.160 e. The molecule has 152 valence electrons. The molecule has 0 spiro atoms. The summed E-state index contributed by atoms with van der Waals surface area (Å²) < 4.78 is 5.60. The number of aromatic hydroxyl groups is 1. The lowest BCUT2D eigenvalue weighted by Crippen LogP contribution is -2.39. The van der Waals surface area contributed by atoms with Crippen LogP contribution in [0, 0.1) is 0 Å². The molecule has 2 saturated heterocycles. The summed E-state index contributed by atoms with van der Waals surface area (Å²) in [6.07, 6.45) is 3.38. The van der Waals surface area contributed by atoms with E-state index in [1.165, 1.54) is 30.8 Å². The number of ether oxygens (including phenoxy) is 1. The number of nitrogens with zero attached hydrogens (tertiary/aromatic N) is 3. The zero-order valence-electron chi connectivity index (χ0n) is 16.9. The second kappa shape index (κ2) is 7.76. The van der Waals surface area contributed by atoms with Crippen molar-refractivity contribution in [3.8, 4) is 17.0 Å². The van der Waals surface area contributed by atoms with Crippen molar-refractivity contribution in [1.29, 1.82) is 0 Å². The van der Waals surface area contributed by atoms with Gasteiger partial charge in [0.05, 0.1) is 5.69 Å². The minimum atomic E-state index is 0.233. The monoisotopic (exact) mass is 392 g/mol. The third kappa shape index (κ3) is 3.51. The summed E-state index contributed by atoms with van der Waals surface area (Å²) in [6.45, 7) is 7.41. The number of aromatic amines is 1. The lowest BCUT2D eigenvalue weighted by atomic mass is 9.87. The van der Waals surface area contributed by atoms with Crippen LogP contribution in [0.4, 0.5) is 0 Å². The Labute approximate surface area is 170 Å². The molecular weight excluding hydrogens is 364 g/mol. The van der Waals surface area contributed by atoms with Crippen molar-refractivity contribution < 1.29 is 9.84 Å². The van der Waals surface area contributed by atoms with Crippen LogP contribution in [-0.4, -0.2) is 58.0 Å². The summed E-state index contributed by atoms with van der Waals surface area (Å²) in [5.41, 5.74) is 4.95. The van der Waals surface area contributed by atoms with Crippen molar-refractivity contribution >= 4 is 11.0 Å². The van der Waals surface area contributed by atoms with E-state index in [1.807, 2.05) is 18.2 Å². The van der Waals surface area contributed by atoms with Crippen LogP contribution >= 0.6 is 0 Å². The molecule has 2 N–H and O–H groups in total. The molecule has 0 bridgehead atoms. The third-order valence-corrected chi connectivity index (χ3v) is 6.41. The first-order valence-electron chi connectivity index (χ1n) is 10.7. The number of likely N-dealkylation sites (tertiary alicyclic amines) is 1. The van der Waals surface area contributed by atoms with Gasteiger partial charge in [-0.1, -0.05) is 19.1 Å². The molecule has 0 aliphatic carbocycles. The van der Waals surface area contributed by atoms with Gasteiger partial charge in [-0.15, -0.1) is 10.2 Å². The van der Waals surface area contributed by atoms with Crippen molar-refractivity contribution in [2.24, 2.45) is 0 Å². The lowest BCUT2D eigenvalue weighted by Gasteiger charge is -2.34. The Bertz CT molecular complexity index is 1010. The summed E-state index contributed by atoms with van der Waals surface area (Å²) in [7, 11) is 0. The minimum Gasteiger partial charge on any atom is -0.507 e. The van der Waals surface area contributed by atoms with E-state index in [0.29, 0.717) is 17.5 Å². The number of phenolic OH excluding ortho intramolecular Hbond substituents is 1. The highest BCUT2D eigenvalue weighted by molar-refractivity contribution is 5.86. The molecule has 0 unspecified atom stereocenters. The fourth-order valence-electron chi connectivity index (χ4n) is 4.73. The fourth-order valence-corrected chi connectivity index (χ4v) is 4.73. The van der Waals surface area contributed by atoms with Gasteiger partial charge in [-0.3, -0.25) is 0 Å². The molecule has 0 radical (unpaired) electrons. The SMILES string of the molecule is C[C@@H](CN1CCC1)c1c(C2CCOCC2)[nH]c2nnc(-c3ccccc3O)cc12. The number of rotatable bonds is 5. The van der Waals surface area contributed by atoms with Crippen molar-refractivity contribution in [1.82, 2.24) is 20.1 Å². The quantitative estimate of drug-likeness (QED) is 0.686. The lowest BCUT2D eigenvalue weighted by molar-refractivity contribution is 0.0843. The second-order valence-corrected chi connectivity index (χ2v) is 8.40. The molecule has 1 aromatic carbocycles. The first-order chi connectivity index (χ1) is 14.2. The number of fused-ring (bicyclic) bond motifs is 1. The van der Waals surface area contributed by atoms with E-state index in [2.05, 4.69) is 33.1 Å². The molecule has 6 nitrogen and oxygen atoms in total. The van der Waals surface area contributed by atoms with Crippen molar-refractivity contribution in [3.05, 3.63) is 41.6 Å². The molecule has 6 heteroatoms. The molecule has 4 heterocycles. The first kappa shape index (κ1) is 18.6. The van der Waals surface area contributed by atoms with Crippen LogP contribution in [0.5, 0.6) is 5.75 Å². The van der Waals surface area contributed by atoms with E-state index in [-0.39, 0.29) is 5.75 Å². The Balaban J connectivity index is 1.61. The number of hydrogen-bond acceptors (Lipinski definition) is 5. The minimum absolute atomic E-state index is 0.233. The molecule has 29 heavy (non-hydrogen) atoms. The molecule has 0 saturated carbocycles. The summed E-state index contributed by atoms with van der Waals surface area (Å²) in [5, 5.41) is 20.3. The predicted octanol–water partition coefficient (Wildman–Crippen LogP) is 4.03. The van der Waals surface area contributed by atoms with Gasteiger partial charge in [0, 0.05) is 42.3 Å². The van der Waals surface area contributed by atoms with Crippen LogP contribution in [0.3, 0.4) is 0 Å². The van der Waals surface area contributed by atoms with Gasteiger partial charge in [0.25, 0.3) is 0 Å². The molecule has 3 aromatic rings. The predicted molar refractivity (Wildman–Crippen MR) is 113 cm³/mol. The van der Waals surface area contributed by atoms with E-state index in [9.17, 15) is 5.11 Å². The van der Waals surface area contributed by atoms with Gasteiger partial charge in [0.2, 0.25) is 0 Å². The molecule has 2 aromatic heterocycles. The maximum absolute atomic E-state index is 10.3. The van der Waals surface area contributed by atoms with Crippen molar-refractivity contribution in [2.45, 2.75) is 38.0 Å². The first-order valence-corrected chi connectivity index (χ1v) is 10.7. The number of phenols is 1. The molecule has 2 aliphatic heterocycles. The van der Waals surface area contributed by atoms with Gasteiger partial charge in [0.1, 0.15) is 5.75 Å². The Morgan fingerprint density at radius 3 is 2.72 bits per heavy atom. The van der Waals surface area contributed by atoms with E-state index >= 15 is 0 Å². The fraction of sp³-hybridized carbons (Fsp3) is 0.478. The van der Waals surface area contributed by atoms with E-state index < -0.39 is 0 Å². The topological polar surface area (TPSA) is 74.3 Å². The number of aromatic nitrogens is 3. The summed E-state index contributed by atoms with van der Waals surface area (Å²) in [6, 6.07) is 9.42. The third-order valence-electron chi connectivity index (χ3n) is 6.41. The van der Waals surface area contributed by atoms with E-state index in [1.54, 1.807) is 6.07 Å². The zero-order chi connectivity index (χ0) is 19.8. The van der Waals surface area contributed by atoms with Gasteiger partial charge < -0.3 is 19.7 Å². The van der Waals surface area contributed by atoms with Crippen LogP contribution in [0.2, 0.25) is 0 Å². The molecule has 5 rings (SSSR count). The molecular formula is C23H28N4O2. The normalized spacial score (nSPS) is 19.3. The Hall–Kier alpha value is -2.44. The van der Waals surface area contributed by atoms with E-state index in [4.69, 9.17) is 4.74 Å². The van der Waals surface area contributed by atoms with Gasteiger partial charge in [-0.05, 0) is 62.0 Å². The number of para-hydroxylation sites is 1. The van der Waals surface area contributed by atoms with Crippen molar-refractivity contribution in [2.75, 3.05) is 32.8 Å². The van der Waals surface area contributed by atoms with Crippen LogP contribution < -0.4 is 0 Å². The summed E-state index contributed by atoms with van der Waals surface area (Å²) >= 11 is 0. The Morgan fingerprint density at radius 1 is 1.21 bits per heavy atom. The number of hydrogen-bond donors (Lipinski definition) is 2. The largest absolute Gasteiger partial charge is 0.507 e. The molecule has 1 atom stereocenters. The average molecular weight is 393 g/mol. The summed E-state index contributed by atoms with van der Waals surface area (Å²) in [5.74, 6) is 1.11. The van der Waals surface area contributed by atoms with E-state index in [0.717, 1.165) is 49.2 Å². The van der Waals surface area contributed by atoms with Crippen LogP contribution in [0.15, 0.2) is 30.3 Å². The molecule has 2 fully saturated rings. The van der Waals surface area contributed by atoms with Gasteiger partial charge in [0.15, 0.2) is 5.65 Å². The number of H-pyrrole nitrogens is 1. The van der Waals surface area contributed by atoms with Crippen LogP contribution in [0.1, 0.15) is 49.3 Å². The van der Waals surface area contributed by atoms with Crippen LogP contribution in [-0.2, 0) is 4.74 Å². The zero-order valence-corrected chi connectivity index (χ0v) is 16.9. The van der Waals surface area contributed by atoms with Gasteiger partial charge in [-0.2, -0.15) is 0 Å². The average Bonchev–Trinajstić information content (AvgIpc) is 3.10. The highest BCUT2D eigenvalue weighted by atomic mass is 16.5. The smallest absolute Gasteiger partial charge is 0.160 e. The molecule has 0 amide bonds. The highest BCUT2D eigenvalue weighted by Gasteiger charge is 2.28. The Kier molecular flexibility index (Phi) is 4.97. The second-order valence-electron chi connectivity index (χ2n) is 8.40. The van der Waals surface area contributed by atoms with Crippen molar-refractivity contribution in [3.63, 3.8) is 0 Å². The van der Waals surface area contributed by atoms with Crippen LogP contribution in [0.25, 0.3) is 22.3 Å². The standard InChI is InChI=1S/C23H28N4O2/c1-15(14-27-9-4-10-27)21-18-13-19(17-5-2-3-6-20(17)28)25-26-23(18)24-22(21)16-7-11-29-12-8-16/h2-3,5-6,13,15-16,28H,4,7-12,14H2,1H3,(H,24,26)/t15-/m0/s1. The van der Waals surface area contributed by atoms with Gasteiger partial charge in [-0.25, -0.2) is 0 Å². The molecule has 2 aliphatic rings. The maximum atomic E-state index is 10.3. The summed E-state index contributed by atoms with van der Waals surface area (Å²) in [4.78, 5) is 6.13.